The van der Waals surface area contributed by atoms with Crippen LogP contribution in [0.1, 0.15) is 26.8 Å². The molecule has 1 rings (SSSR count). The summed E-state index contributed by atoms with van der Waals surface area (Å²) in [6.45, 7) is 4.92. The first-order valence-corrected chi connectivity index (χ1v) is 5.35. The lowest BCUT2D eigenvalue weighted by Crippen LogP contribution is -2.41. The van der Waals surface area contributed by atoms with E-state index in [0.717, 1.165) is 0 Å². The normalized spacial score (nSPS) is 13.1. The number of aromatic nitrogens is 2. The van der Waals surface area contributed by atoms with Crippen LogP contribution in [0.25, 0.3) is 0 Å². The molecule has 2 N–H and O–H groups in total. The molecule has 0 saturated heterocycles. The average Bonchev–Trinajstić information content (AvgIpc) is 2.78. The predicted molar refractivity (Wildman–Crippen MR) is 61.4 cm³/mol. The highest BCUT2D eigenvalue weighted by molar-refractivity contribution is 5.81. The monoisotopic (exact) mass is 239 g/mol. The van der Waals surface area contributed by atoms with Gasteiger partial charge in [0.05, 0.1) is 5.41 Å². The van der Waals surface area contributed by atoms with Gasteiger partial charge in [0.1, 0.15) is 6.04 Å². The standard InChI is InChI=1S/C11H17N3O3/c1-8(14-6-4-5-13-14)9(15)12-7-11(2,3)10(16)17/h4-6,8H,7H2,1-3H3,(H,12,15)(H,16,17)/t8-/m1/s1. The highest BCUT2D eigenvalue weighted by Gasteiger charge is 2.28. The van der Waals surface area contributed by atoms with Gasteiger partial charge in [0.25, 0.3) is 0 Å². The van der Waals surface area contributed by atoms with Crippen molar-refractivity contribution >= 4 is 11.9 Å². The first-order chi connectivity index (χ1) is 7.84. The molecule has 0 fully saturated rings. The van der Waals surface area contributed by atoms with E-state index in [0.29, 0.717) is 0 Å². The fourth-order valence-corrected chi connectivity index (χ4v) is 1.16. The van der Waals surface area contributed by atoms with Crippen LogP contribution in [0.3, 0.4) is 0 Å². The Balaban J connectivity index is 2.54. The molecule has 0 unspecified atom stereocenters. The van der Waals surface area contributed by atoms with E-state index in [1.54, 1.807) is 39.2 Å². The second-order valence-corrected chi connectivity index (χ2v) is 4.57. The lowest BCUT2D eigenvalue weighted by Gasteiger charge is -2.21. The average molecular weight is 239 g/mol. The van der Waals surface area contributed by atoms with E-state index < -0.39 is 17.4 Å². The number of hydrogen-bond donors (Lipinski definition) is 2. The van der Waals surface area contributed by atoms with Crippen molar-refractivity contribution in [3.63, 3.8) is 0 Å². The molecule has 0 aliphatic heterocycles. The molecular weight excluding hydrogens is 222 g/mol. The van der Waals surface area contributed by atoms with Crippen LogP contribution in [0, 0.1) is 5.41 Å². The molecule has 0 spiro atoms. The van der Waals surface area contributed by atoms with Crippen LogP contribution in [0.2, 0.25) is 0 Å². The molecule has 0 aliphatic carbocycles. The molecule has 1 atom stereocenters. The third kappa shape index (κ3) is 3.30. The van der Waals surface area contributed by atoms with Crippen molar-refractivity contribution in [3.05, 3.63) is 18.5 Å². The lowest BCUT2D eigenvalue weighted by atomic mass is 9.94. The predicted octanol–water partition coefficient (Wildman–Crippen LogP) is 0.671. The molecule has 0 bridgehead atoms. The Bertz CT molecular complexity index is 398. The van der Waals surface area contributed by atoms with Crippen LogP contribution >= 0.6 is 0 Å². The zero-order chi connectivity index (χ0) is 13.1. The van der Waals surface area contributed by atoms with Crippen LogP contribution in [0.5, 0.6) is 0 Å². The number of nitrogens with one attached hydrogen (secondary N) is 1. The molecule has 0 radical (unpaired) electrons. The van der Waals surface area contributed by atoms with Crippen molar-refractivity contribution in [3.8, 4) is 0 Å². The summed E-state index contributed by atoms with van der Waals surface area (Å²) in [6, 6.07) is 1.28. The Morgan fingerprint density at radius 2 is 2.18 bits per heavy atom. The minimum Gasteiger partial charge on any atom is -0.481 e. The zero-order valence-electron chi connectivity index (χ0n) is 10.2. The fourth-order valence-electron chi connectivity index (χ4n) is 1.16. The lowest BCUT2D eigenvalue weighted by molar-refractivity contribution is -0.146. The van der Waals surface area contributed by atoms with E-state index in [1.165, 1.54) is 4.68 Å². The van der Waals surface area contributed by atoms with Gasteiger partial charge in [0.2, 0.25) is 5.91 Å². The fraction of sp³-hybridized carbons (Fsp3) is 0.545. The quantitative estimate of drug-likeness (QED) is 0.791. The number of carbonyl (C=O) groups is 2. The van der Waals surface area contributed by atoms with Gasteiger partial charge in [-0.25, -0.2) is 0 Å². The number of carboxylic acid groups (broad SMARTS) is 1. The smallest absolute Gasteiger partial charge is 0.310 e. The van der Waals surface area contributed by atoms with Crippen molar-refractivity contribution in [1.82, 2.24) is 15.1 Å². The summed E-state index contributed by atoms with van der Waals surface area (Å²) in [7, 11) is 0. The Hall–Kier alpha value is -1.85. The number of rotatable bonds is 5. The maximum atomic E-state index is 11.7. The van der Waals surface area contributed by atoms with E-state index >= 15 is 0 Å². The summed E-state index contributed by atoms with van der Waals surface area (Å²) >= 11 is 0. The summed E-state index contributed by atoms with van der Waals surface area (Å²) in [6.07, 6.45) is 3.28. The number of carbonyl (C=O) groups excluding carboxylic acids is 1. The van der Waals surface area contributed by atoms with E-state index in [-0.39, 0.29) is 12.5 Å². The molecule has 6 nitrogen and oxygen atoms in total. The number of carboxylic acids is 1. The molecule has 0 aliphatic rings. The van der Waals surface area contributed by atoms with Crippen LogP contribution in [0.15, 0.2) is 18.5 Å². The van der Waals surface area contributed by atoms with Crippen LogP contribution in [0.4, 0.5) is 0 Å². The highest BCUT2D eigenvalue weighted by Crippen LogP contribution is 2.13. The summed E-state index contributed by atoms with van der Waals surface area (Å²) in [4.78, 5) is 22.6. The third-order valence-corrected chi connectivity index (χ3v) is 2.58. The minimum absolute atomic E-state index is 0.0901. The molecule has 94 valence electrons. The maximum Gasteiger partial charge on any atom is 0.310 e. The van der Waals surface area contributed by atoms with Gasteiger partial charge in [-0.2, -0.15) is 5.10 Å². The van der Waals surface area contributed by atoms with Crippen molar-refractivity contribution < 1.29 is 14.7 Å². The van der Waals surface area contributed by atoms with Gasteiger partial charge >= 0.3 is 5.97 Å². The molecule has 1 heterocycles. The van der Waals surface area contributed by atoms with Crippen molar-refractivity contribution in [2.24, 2.45) is 5.41 Å². The summed E-state index contributed by atoms with van der Waals surface area (Å²) in [5, 5.41) is 15.5. The molecule has 0 saturated carbocycles. The Kier molecular flexibility index (Phi) is 3.88. The number of hydrogen-bond acceptors (Lipinski definition) is 3. The number of amides is 1. The molecule has 1 aromatic rings. The molecular formula is C11H17N3O3. The van der Waals surface area contributed by atoms with Gasteiger partial charge in [0.15, 0.2) is 0 Å². The van der Waals surface area contributed by atoms with Crippen molar-refractivity contribution in [2.45, 2.75) is 26.8 Å². The molecule has 17 heavy (non-hydrogen) atoms. The summed E-state index contributed by atoms with van der Waals surface area (Å²) < 4.78 is 1.52. The molecule has 6 heteroatoms. The topological polar surface area (TPSA) is 84.2 Å². The third-order valence-electron chi connectivity index (χ3n) is 2.58. The van der Waals surface area contributed by atoms with Gasteiger partial charge in [-0.15, -0.1) is 0 Å². The van der Waals surface area contributed by atoms with E-state index in [2.05, 4.69) is 10.4 Å². The largest absolute Gasteiger partial charge is 0.481 e. The first kappa shape index (κ1) is 13.2. The molecule has 1 amide bonds. The van der Waals surface area contributed by atoms with E-state index in [9.17, 15) is 9.59 Å². The van der Waals surface area contributed by atoms with E-state index in [1.807, 2.05) is 0 Å². The van der Waals surface area contributed by atoms with Crippen molar-refractivity contribution in [2.75, 3.05) is 6.54 Å². The van der Waals surface area contributed by atoms with Gasteiger partial charge < -0.3 is 10.4 Å². The van der Waals surface area contributed by atoms with Crippen molar-refractivity contribution in [1.29, 1.82) is 0 Å². The van der Waals surface area contributed by atoms with E-state index in [4.69, 9.17) is 5.11 Å². The van der Waals surface area contributed by atoms with Crippen LogP contribution in [-0.2, 0) is 9.59 Å². The summed E-state index contributed by atoms with van der Waals surface area (Å²) in [5.41, 5.74) is -0.973. The Morgan fingerprint density at radius 3 is 2.65 bits per heavy atom. The van der Waals surface area contributed by atoms with Gasteiger partial charge in [-0.1, -0.05) is 0 Å². The van der Waals surface area contributed by atoms with Gasteiger partial charge in [-0.05, 0) is 26.8 Å². The molecule has 0 aromatic carbocycles. The minimum atomic E-state index is -0.973. The highest BCUT2D eigenvalue weighted by atomic mass is 16.4. The Labute approximate surface area is 99.6 Å². The number of aliphatic carboxylic acids is 1. The number of nitrogens with zero attached hydrogens (tertiary/aromatic N) is 2. The first-order valence-electron chi connectivity index (χ1n) is 5.35. The second kappa shape index (κ2) is 4.99. The van der Waals surface area contributed by atoms with Gasteiger partial charge in [-0.3, -0.25) is 14.3 Å². The summed E-state index contributed by atoms with van der Waals surface area (Å²) in [5.74, 6) is -1.19. The van der Waals surface area contributed by atoms with Crippen LogP contribution < -0.4 is 5.32 Å². The second-order valence-electron chi connectivity index (χ2n) is 4.57. The van der Waals surface area contributed by atoms with Gasteiger partial charge in [0, 0.05) is 18.9 Å². The zero-order valence-corrected chi connectivity index (χ0v) is 10.2. The molecule has 1 aromatic heterocycles. The SMILES string of the molecule is C[C@H](C(=O)NCC(C)(C)C(=O)O)n1cccn1. The Morgan fingerprint density at radius 1 is 1.53 bits per heavy atom. The maximum absolute atomic E-state index is 11.7. The van der Waals surface area contributed by atoms with Crippen LogP contribution in [-0.4, -0.2) is 33.3 Å².